The molecular formula is C35H41N5O10. The van der Waals surface area contributed by atoms with Gasteiger partial charge in [-0.25, -0.2) is 4.98 Å². The molecule has 1 aliphatic heterocycles. The second kappa shape index (κ2) is 13.8. The predicted molar refractivity (Wildman–Crippen MR) is 179 cm³/mol. The summed E-state index contributed by atoms with van der Waals surface area (Å²) in [5, 5.41) is 55.8. The molecule has 3 aromatic rings. The molecule has 6 rings (SSSR count). The number of nitrogens with zero attached hydrogens (tertiary/aromatic N) is 2. The summed E-state index contributed by atoms with van der Waals surface area (Å²) in [7, 11) is 2.85. The third kappa shape index (κ3) is 6.11. The number of methoxy groups -OCH3 is 1. The SMILES string of the molecule is CN=C(N)NCc1c(CC2(c3ccc(N)nc3)CCCC2)cc2c(c1O)C(=O)c1c(OC3OC(CO)C(O)C(O)C3O)cc(OC)cc1C2=O. The molecule has 266 valence electrons. The van der Waals surface area contributed by atoms with Crippen molar-refractivity contribution < 1.29 is 49.3 Å². The van der Waals surface area contributed by atoms with E-state index in [-0.39, 0.29) is 51.7 Å². The number of ether oxygens (including phenoxy) is 3. The minimum absolute atomic E-state index is 0.0150. The Labute approximate surface area is 287 Å². The number of carbonyl (C=O) groups is 2. The molecule has 15 heteroatoms. The van der Waals surface area contributed by atoms with Crippen LogP contribution in [0.1, 0.15) is 74.2 Å². The number of guanidine groups is 1. The topological polar surface area (TPSA) is 252 Å². The van der Waals surface area contributed by atoms with Gasteiger partial charge in [-0.3, -0.25) is 14.6 Å². The summed E-state index contributed by atoms with van der Waals surface area (Å²) in [6, 6.07) is 8.00. The largest absolute Gasteiger partial charge is 0.507 e. The molecule has 0 spiro atoms. The summed E-state index contributed by atoms with van der Waals surface area (Å²) in [6.45, 7) is -0.721. The monoisotopic (exact) mass is 691 g/mol. The van der Waals surface area contributed by atoms with Gasteiger partial charge in [0.25, 0.3) is 0 Å². The Morgan fingerprint density at radius 3 is 2.42 bits per heavy atom. The second-order valence-corrected chi connectivity index (χ2v) is 12.9. The number of ketones is 2. The van der Waals surface area contributed by atoms with E-state index in [1.807, 2.05) is 6.07 Å². The van der Waals surface area contributed by atoms with Crippen LogP contribution in [0.2, 0.25) is 0 Å². The minimum Gasteiger partial charge on any atom is -0.507 e. The molecule has 0 radical (unpaired) electrons. The number of aliphatic hydroxyl groups is 4. The van der Waals surface area contributed by atoms with Gasteiger partial charge in [-0.15, -0.1) is 0 Å². The van der Waals surface area contributed by atoms with E-state index < -0.39 is 54.6 Å². The van der Waals surface area contributed by atoms with Crippen LogP contribution in [0.4, 0.5) is 5.82 Å². The van der Waals surface area contributed by atoms with Gasteiger partial charge in [0.1, 0.15) is 47.5 Å². The van der Waals surface area contributed by atoms with Crippen LogP contribution in [0.25, 0.3) is 0 Å². The number of anilines is 1. The lowest BCUT2D eigenvalue weighted by atomic mass is 9.72. The van der Waals surface area contributed by atoms with Crippen LogP contribution >= 0.6 is 0 Å². The van der Waals surface area contributed by atoms with Crippen molar-refractivity contribution in [3.63, 3.8) is 0 Å². The summed E-state index contributed by atoms with van der Waals surface area (Å²) < 4.78 is 16.8. The third-order valence-electron chi connectivity index (χ3n) is 10.0. The maximum atomic E-state index is 14.4. The summed E-state index contributed by atoms with van der Waals surface area (Å²) >= 11 is 0. The highest BCUT2D eigenvalue weighted by Gasteiger charge is 2.46. The maximum Gasteiger partial charge on any atom is 0.229 e. The molecule has 1 saturated carbocycles. The number of carbonyl (C=O) groups excluding carboxylic acids is 2. The number of nitrogens with two attached hydrogens (primary N) is 2. The summed E-state index contributed by atoms with van der Waals surface area (Å²) in [5.74, 6) is -1.39. The molecule has 5 unspecified atom stereocenters. The van der Waals surface area contributed by atoms with E-state index in [0.717, 1.165) is 31.2 Å². The molecule has 2 aliphatic carbocycles. The first-order valence-corrected chi connectivity index (χ1v) is 16.3. The number of hydrogen-bond acceptors (Lipinski definition) is 13. The van der Waals surface area contributed by atoms with Gasteiger partial charge < -0.3 is 56.5 Å². The zero-order valence-corrected chi connectivity index (χ0v) is 27.6. The van der Waals surface area contributed by atoms with Crippen LogP contribution in [0, 0.1) is 0 Å². The van der Waals surface area contributed by atoms with Crippen molar-refractivity contribution >= 4 is 23.3 Å². The highest BCUT2D eigenvalue weighted by molar-refractivity contribution is 6.30. The van der Waals surface area contributed by atoms with Crippen molar-refractivity contribution in [2.45, 2.75) is 74.8 Å². The zero-order valence-electron chi connectivity index (χ0n) is 27.6. The molecule has 2 fully saturated rings. The number of nitrogens with one attached hydrogen (secondary N) is 1. The molecular weight excluding hydrogens is 650 g/mol. The molecule has 50 heavy (non-hydrogen) atoms. The number of aliphatic imine (C=N–C) groups is 1. The average molecular weight is 692 g/mol. The van der Waals surface area contributed by atoms with Gasteiger partial charge in [-0.05, 0) is 48.6 Å². The van der Waals surface area contributed by atoms with Crippen molar-refractivity contribution in [1.82, 2.24) is 10.3 Å². The fraction of sp³-hybridized carbons (Fsp3) is 0.429. The number of aliphatic hydroxyl groups excluding tert-OH is 4. The van der Waals surface area contributed by atoms with Gasteiger partial charge in [0.05, 0.1) is 24.8 Å². The number of rotatable bonds is 9. The molecule has 1 aromatic heterocycles. The van der Waals surface area contributed by atoms with Crippen LogP contribution in [0.5, 0.6) is 17.2 Å². The van der Waals surface area contributed by atoms with E-state index in [1.54, 1.807) is 18.3 Å². The molecule has 1 saturated heterocycles. The standard InChI is InChI=1S/C35H41N5O10/c1-38-34(37)40-14-21-16(12-35(7-3-4-8-35)17-5-6-24(36)39-13-17)9-19-26(28(21)43)30(45)25-20(27(19)42)10-18(48-2)11-22(25)49-33-32(47)31(46)29(44)23(15-41)50-33/h5-6,9-11,13,23,29,31-33,41,43-44,46-47H,3-4,7-8,12,14-15H2,1-2H3,(H2,36,39)(H3,37,38,40). The lowest BCUT2D eigenvalue weighted by molar-refractivity contribution is -0.277. The number of nitrogen functional groups attached to an aromatic ring is 1. The first-order chi connectivity index (χ1) is 23.9. The second-order valence-electron chi connectivity index (χ2n) is 12.9. The number of phenolic OH excluding ortho intramolecular Hbond substituents is 1. The third-order valence-corrected chi connectivity index (χ3v) is 10.0. The van der Waals surface area contributed by atoms with Crippen molar-refractivity contribution in [3.8, 4) is 17.2 Å². The molecule has 0 amide bonds. The average Bonchev–Trinajstić information content (AvgIpc) is 3.59. The van der Waals surface area contributed by atoms with E-state index in [4.69, 9.17) is 25.7 Å². The number of pyridine rings is 1. The summed E-state index contributed by atoms with van der Waals surface area (Å²) in [6.07, 6.45) is -2.40. The van der Waals surface area contributed by atoms with Gasteiger partial charge >= 0.3 is 0 Å². The van der Waals surface area contributed by atoms with Crippen molar-refractivity contribution in [2.75, 3.05) is 26.5 Å². The van der Waals surface area contributed by atoms with E-state index in [0.29, 0.717) is 23.4 Å². The maximum absolute atomic E-state index is 14.4. The zero-order chi connectivity index (χ0) is 35.9. The van der Waals surface area contributed by atoms with Crippen LogP contribution in [0.3, 0.4) is 0 Å². The Hall–Kier alpha value is -4.80. The molecule has 10 N–H and O–H groups in total. The van der Waals surface area contributed by atoms with Gasteiger partial charge in [0.2, 0.25) is 12.1 Å². The predicted octanol–water partition coefficient (Wildman–Crippen LogP) is 0.421. The first-order valence-electron chi connectivity index (χ1n) is 16.3. The summed E-state index contributed by atoms with van der Waals surface area (Å²) in [5.41, 5.74) is 12.8. The molecule has 3 aliphatic rings. The lowest BCUT2D eigenvalue weighted by Gasteiger charge is -2.40. The minimum atomic E-state index is -1.80. The highest BCUT2D eigenvalue weighted by Crippen LogP contribution is 2.47. The molecule has 5 atom stereocenters. The number of aromatic hydroxyl groups is 1. The summed E-state index contributed by atoms with van der Waals surface area (Å²) in [4.78, 5) is 37.0. The molecule has 2 aromatic carbocycles. The normalized spacial score (nSPS) is 24.4. The van der Waals surface area contributed by atoms with Crippen LogP contribution in [-0.2, 0) is 23.1 Å². The smallest absolute Gasteiger partial charge is 0.229 e. The van der Waals surface area contributed by atoms with Gasteiger partial charge in [0.15, 0.2) is 11.7 Å². The molecule has 0 bridgehead atoms. The van der Waals surface area contributed by atoms with Crippen molar-refractivity contribution in [3.05, 3.63) is 75.5 Å². The molecule has 2 heterocycles. The Morgan fingerprint density at radius 2 is 1.78 bits per heavy atom. The van der Waals surface area contributed by atoms with Crippen molar-refractivity contribution in [2.24, 2.45) is 10.7 Å². The number of fused-ring (bicyclic) bond motifs is 2. The van der Waals surface area contributed by atoms with Gasteiger partial charge in [0, 0.05) is 48.0 Å². The number of aromatic nitrogens is 1. The Balaban J connectivity index is 1.47. The van der Waals surface area contributed by atoms with E-state index in [9.17, 15) is 35.1 Å². The van der Waals surface area contributed by atoms with E-state index in [2.05, 4.69) is 15.3 Å². The van der Waals surface area contributed by atoms with Crippen LogP contribution < -0.4 is 26.3 Å². The highest BCUT2D eigenvalue weighted by atomic mass is 16.7. The fourth-order valence-electron chi connectivity index (χ4n) is 7.26. The molecule has 15 nitrogen and oxygen atoms in total. The Bertz CT molecular complexity index is 1820. The lowest BCUT2D eigenvalue weighted by Crippen LogP contribution is -2.60. The van der Waals surface area contributed by atoms with E-state index in [1.165, 1.54) is 26.3 Å². The Kier molecular flexibility index (Phi) is 9.70. The number of benzene rings is 2. The van der Waals surface area contributed by atoms with Gasteiger partial charge in [-0.1, -0.05) is 18.9 Å². The van der Waals surface area contributed by atoms with Crippen LogP contribution in [0.15, 0.2) is 41.5 Å². The van der Waals surface area contributed by atoms with Crippen LogP contribution in [-0.4, -0.2) is 99.5 Å². The number of hydrogen-bond donors (Lipinski definition) is 8. The van der Waals surface area contributed by atoms with Crippen molar-refractivity contribution in [1.29, 1.82) is 0 Å². The van der Waals surface area contributed by atoms with E-state index >= 15 is 0 Å². The number of phenols is 1. The quantitative estimate of drug-likeness (QED) is 0.0875. The van der Waals surface area contributed by atoms with Gasteiger partial charge in [-0.2, -0.15) is 0 Å². The fourth-order valence-corrected chi connectivity index (χ4v) is 7.26. The first kappa shape index (κ1) is 35.0. The Morgan fingerprint density at radius 1 is 1.06 bits per heavy atom.